The molecular weight excluding hydrogens is 955 g/mol. The number of hydrogen-bond donors (Lipinski definition) is 3. The van der Waals surface area contributed by atoms with E-state index in [0.717, 1.165) is 18.6 Å². The number of nitrogens with zero attached hydrogens (tertiary/aromatic N) is 4. The zero-order valence-corrected chi connectivity index (χ0v) is 42.7. The maximum Gasteiger partial charge on any atom is 0.300 e. The standard InChI is InChI=1S/C52H68F2N6O11S/c1-34(2)25-42(55-50(64)38(18-17-36-13-9-7-10-14-36)28-41(61)31-60-21-23-69-24-22-60)44(62)29-39(27-37-15-11-8-12-16-37)51(65)56-43(26-35(3)4)49(63)52(5,66)33-71-72(67,68)46-20-19-45(47(53)48(46)54)70-32-40-30-59(6)58-57-40/h7-16,19-20,30,34-35,38-39,42-43,66H,17-18,21-29,31-33H2,1-6H3,(H,55,64)(H,56,65)/t38-,39-,42+,43+,52?/m1/s1. The number of aryl methyl sites for hydroxylation is 2. The van der Waals surface area contributed by atoms with Gasteiger partial charge in [-0.1, -0.05) is 93.6 Å². The van der Waals surface area contributed by atoms with E-state index in [1.165, 1.54) is 10.9 Å². The summed E-state index contributed by atoms with van der Waals surface area (Å²) in [5, 5.41) is 24.6. The van der Waals surface area contributed by atoms with E-state index in [0.29, 0.717) is 50.8 Å². The average Bonchev–Trinajstić information content (AvgIpc) is 3.76. The molecule has 1 fully saturated rings. The number of amides is 2. The van der Waals surface area contributed by atoms with Crippen LogP contribution in [0, 0.1) is 35.3 Å². The number of nitrogens with one attached hydrogen (secondary N) is 2. The molecule has 5 rings (SSSR count). The van der Waals surface area contributed by atoms with Gasteiger partial charge in [0.2, 0.25) is 17.6 Å². The van der Waals surface area contributed by atoms with Gasteiger partial charge in [-0.3, -0.25) is 37.7 Å². The highest BCUT2D eigenvalue weighted by Gasteiger charge is 2.41. The minimum atomic E-state index is -5.14. The second-order valence-corrected chi connectivity index (χ2v) is 21.1. The lowest BCUT2D eigenvalue weighted by Gasteiger charge is -2.30. The Morgan fingerprint density at radius 1 is 0.819 bits per heavy atom. The van der Waals surface area contributed by atoms with Crippen molar-refractivity contribution in [1.29, 1.82) is 0 Å². The lowest BCUT2D eigenvalue weighted by molar-refractivity contribution is -0.143. The summed E-state index contributed by atoms with van der Waals surface area (Å²) in [6.07, 6.45) is 2.20. The molecule has 17 nitrogen and oxygen atoms in total. The van der Waals surface area contributed by atoms with Gasteiger partial charge in [-0.15, -0.1) is 5.10 Å². The predicted molar refractivity (Wildman–Crippen MR) is 262 cm³/mol. The molecule has 3 aromatic carbocycles. The van der Waals surface area contributed by atoms with Gasteiger partial charge < -0.3 is 25.2 Å². The second-order valence-electron chi connectivity index (χ2n) is 19.5. The highest BCUT2D eigenvalue weighted by atomic mass is 32.2. The largest absolute Gasteiger partial charge is 0.484 e. The Morgan fingerprint density at radius 3 is 2.03 bits per heavy atom. The first-order valence-corrected chi connectivity index (χ1v) is 25.7. The number of ether oxygens (including phenoxy) is 2. The fraction of sp³-hybridized carbons (Fsp3) is 0.519. The zero-order valence-electron chi connectivity index (χ0n) is 41.9. The molecule has 2 amide bonds. The van der Waals surface area contributed by atoms with E-state index in [-0.39, 0.29) is 68.6 Å². The topological polar surface area (TPSA) is 225 Å². The fourth-order valence-corrected chi connectivity index (χ4v) is 9.41. The Kier molecular flexibility index (Phi) is 21.2. The van der Waals surface area contributed by atoms with Crippen LogP contribution in [-0.4, -0.2) is 120 Å². The summed E-state index contributed by atoms with van der Waals surface area (Å²) in [5.74, 6) is -9.03. The molecule has 3 N–H and O–H groups in total. The zero-order chi connectivity index (χ0) is 52.6. The van der Waals surface area contributed by atoms with Gasteiger partial charge in [-0.05, 0) is 74.1 Å². The van der Waals surface area contributed by atoms with Crippen LogP contribution < -0.4 is 15.4 Å². The molecular formula is C52H68F2N6O11S. The van der Waals surface area contributed by atoms with E-state index in [2.05, 4.69) is 20.9 Å². The lowest BCUT2D eigenvalue weighted by Crippen LogP contribution is -2.54. The number of Topliss-reactive ketones (excluding diaryl/α,β-unsaturated/α-hetero) is 3. The second kappa shape index (κ2) is 26.8. The molecule has 2 heterocycles. The first-order valence-electron chi connectivity index (χ1n) is 24.3. The number of benzene rings is 3. The van der Waals surface area contributed by atoms with Gasteiger partial charge in [0, 0.05) is 44.8 Å². The lowest BCUT2D eigenvalue weighted by atomic mass is 9.86. The number of carbonyl (C=O) groups is 5. The Hall–Kier alpha value is -5.80. The van der Waals surface area contributed by atoms with E-state index in [4.69, 9.17) is 13.7 Å². The van der Waals surface area contributed by atoms with Crippen LogP contribution >= 0.6 is 0 Å². The molecule has 1 aliphatic heterocycles. The van der Waals surface area contributed by atoms with Crippen molar-refractivity contribution in [2.45, 2.75) is 109 Å². The third kappa shape index (κ3) is 17.5. The van der Waals surface area contributed by atoms with Crippen LogP contribution in [0.25, 0.3) is 0 Å². The van der Waals surface area contributed by atoms with E-state index in [9.17, 15) is 37.5 Å². The molecule has 0 radical (unpaired) electrons. The molecule has 4 aromatic rings. The summed E-state index contributed by atoms with van der Waals surface area (Å²) in [5.41, 5.74) is -0.629. The Morgan fingerprint density at radius 2 is 1.42 bits per heavy atom. The predicted octanol–water partition coefficient (Wildman–Crippen LogP) is 5.12. The average molecular weight is 1020 g/mol. The number of rotatable bonds is 29. The van der Waals surface area contributed by atoms with Crippen molar-refractivity contribution in [2.24, 2.45) is 30.7 Å². The van der Waals surface area contributed by atoms with Crippen molar-refractivity contribution in [3.63, 3.8) is 0 Å². The summed E-state index contributed by atoms with van der Waals surface area (Å²) < 4.78 is 73.8. The van der Waals surface area contributed by atoms with Gasteiger partial charge in [0.1, 0.15) is 35.2 Å². The van der Waals surface area contributed by atoms with Crippen molar-refractivity contribution < 1.29 is 59.9 Å². The van der Waals surface area contributed by atoms with Gasteiger partial charge in [-0.25, -0.2) is 4.39 Å². The maximum atomic E-state index is 15.2. The van der Waals surface area contributed by atoms with Crippen LogP contribution in [0.3, 0.4) is 0 Å². The molecule has 0 saturated carbocycles. The van der Waals surface area contributed by atoms with Gasteiger partial charge in [0.25, 0.3) is 10.1 Å². The monoisotopic (exact) mass is 1020 g/mol. The smallest absolute Gasteiger partial charge is 0.300 e. The SMILES string of the molecule is CC(C)C[C@H](NC(=O)[C@H](CCc1ccccc1)CC(=O)CN1CCOCC1)C(=O)C[C@@H](Cc1ccccc1)C(=O)N[C@@H](CC(C)C)C(=O)C(C)(O)COS(=O)(=O)c1ccc(OCc2cn(C)nn2)c(F)c1F. The number of aromatic nitrogens is 3. The summed E-state index contributed by atoms with van der Waals surface area (Å²) >= 11 is 0. The van der Waals surface area contributed by atoms with Crippen LogP contribution in [0.5, 0.6) is 5.75 Å². The number of carbonyl (C=O) groups excluding carboxylic acids is 5. The minimum absolute atomic E-state index is 0.0317. The van der Waals surface area contributed by atoms with Crippen LogP contribution in [0.1, 0.15) is 83.5 Å². The summed E-state index contributed by atoms with van der Waals surface area (Å²) in [6, 6.07) is 17.6. The molecule has 0 spiro atoms. The number of hydrogen-bond acceptors (Lipinski definition) is 14. The fourth-order valence-electron chi connectivity index (χ4n) is 8.36. The first kappa shape index (κ1) is 57.1. The molecule has 0 aliphatic carbocycles. The molecule has 20 heteroatoms. The molecule has 1 unspecified atom stereocenters. The van der Waals surface area contributed by atoms with Gasteiger partial charge in [-0.2, -0.15) is 12.8 Å². The van der Waals surface area contributed by atoms with Crippen LogP contribution in [-0.2, 0) is 69.5 Å². The summed E-state index contributed by atoms with van der Waals surface area (Å²) in [6.45, 7) is 9.14. The van der Waals surface area contributed by atoms with E-state index in [1.807, 2.05) is 49.1 Å². The Balaban J connectivity index is 1.31. The normalized spacial score (nSPS) is 15.8. The molecule has 0 bridgehead atoms. The van der Waals surface area contributed by atoms with E-state index in [1.54, 1.807) is 51.2 Å². The molecule has 392 valence electrons. The Labute approximate surface area is 420 Å². The first-order chi connectivity index (χ1) is 34.1. The van der Waals surface area contributed by atoms with Crippen molar-refractivity contribution in [3.05, 3.63) is 107 Å². The number of ketones is 3. The van der Waals surface area contributed by atoms with Gasteiger partial charge in [0.05, 0.1) is 38.0 Å². The molecule has 72 heavy (non-hydrogen) atoms. The van der Waals surface area contributed by atoms with Crippen LogP contribution in [0.2, 0.25) is 0 Å². The van der Waals surface area contributed by atoms with Crippen LogP contribution in [0.15, 0.2) is 83.9 Å². The van der Waals surface area contributed by atoms with Crippen molar-refractivity contribution in [2.75, 3.05) is 39.5 Å². The van der Waals surface area contributed by atoms with Gasteiger partial charge in [0.15, 0.2) is 23.1 Å². The minimum Gasteiger partial charge on any atom is -0.484 e. The number of morpholine rings is 1. The third-order valence-corrected chi connectivity index (χ3v) is 13.5. The Bertz CT molecular complexity index is 2560. The van der Waals surface area contributed by atoms with Crippen LogP contribution in [0.4, 0.5) is 8.78 Å². The maximum absolute atomic E-state index is 15.2. The van der Waals surface area contributed by atoms with Crippen molar-refractivity contribution in [1.82, 2.24) is 30.5 Å². The summed E-state index contributed by atoms with van der Waals surface area (Å²) in [4.78, 5) is 71.6. The highest BCUT2D eigenvalue weighted by Crippen LogP contribution is 2.29. The quantitative estimate of drug-likeness (QED) is 0.0601. The van der Waals surface area contributed by atoms with Gasteiger partial charge >= 0.3 is 0 Å². The molecule has 1 saturated heterocycles. The molecule has 5 atom stereocenters. The van der Waals surface area contributed by atoms with Crippen molar-refractivity contribution >= 4 is 39.3 Å². The number of halogens is 2. The third-order valence-electron chi connectivity index (χ3n) is 12.2. The highest BCUT2D eigenvalue weighted by molar-refractivity contribution is 7.86. The number of aliphatic hydroxyl groups is 1. The van der Waals surface area contributed by atoms with Crippen molar-refractivity contribution in [3.8, 4) is 5.75 Å². The van der Waals surface area contributed by atoms with E-state index >= 15 is 8.78 Å². The molecule has 1 aliphatic rings. The molecule has 1 aromatic heterocycles. The van der Waals surface area contributed by atoms with E-state index < -0.39 is 91.9 Å². The summed E-state index contributed by atoms with van der Waals surface area (Å²) in [7, 11) is -3.55.